The molecule has 90 valence electrons. The van der Waals surface area contributed by atoms with Crippen molar-refractivity contribution in [3.05, 3.63) is 12.0 Å². The van der Waals surface area contributed by atoms with E-state index in [9.17, 15) is 8.42 Å². The maximum atomic E-state index is 11.1. The van der Waals surface area contributed by atoms with E-state index in [4.69, 9.17) is 4.74 Å². The highest BCUT2D eigenvalue weighted by Crippen LogP contribution is 2.29. The summed E-state index contributed by atoms with van der Waals surface area (Å²) in [5, 5.41) is 0. The number of nitrogens with zero attached hydrogens (tertiary/aromatic N) is 1. The van der Waals surface area contributed by atoms with Crippen molar-refractivity contribution in [1.29, 1.82) is 0 Å². The molecule has 0 saturated heterocycles. The summed E-state index contributed by atoms with van der Waals surface area (Å²) in [6.07, 6.45) is 5.74. The van der Waals surface area contributed by atoms with Gasteiger partial charge >= 0.3 is 0 Å². The van der Waals surface area contributed by atoms with Gasteiger partial charge < -0.3 is 4.74 Å². The molecule has 0 amide bonds. The zero-order chi connectivity index (χ0) is 11.8. The molecule has 5 nitrogen and oxygen atoms in total. The Kier molecular flexibility index (Phi) is 3.37. The van der Waals surface area contributed by atoms with Gasteiger partial charge in [0.25, 0.3) is 0 Å². The molecule has 16 heavy (non-hydrogen) atoms. The van der Waals surface area contributed by atoms with Gasteiger partial charge in [0.2, 0.25) is 10.0 Å². The Morgan fingerprint density at radius 3 is 2.81 bits per heavy atom. The monoisotopic (exact) mass is 308 g/mol. The van der Waals surface area contributed by atoms with Gasteiger partial charge in [0.1, 0.15) is 10.4 Å². The van der Waals surface area contributed by atoms with E-state index in [1.165, 1.54) is 0 Å². The largest absolute Gasteiger partial charge is 0.493 e. The first-order chi connectivity index (χ1) is 7.44. The molecule has 1 atom stereocenters. The average molecular weight is 309 g/mol. The Morgan fingerprint density at radius 1 is 1.56 bits per heavy atom. The smallest absolute Gasteiger partial charge is 0.209 e. The van der Waals surface area contributed by atoms with Crippen LogP contribution in [0.15, 0.2) is 17.0 Å². The maximum Gasteiger partial charge on any atom is 0.209 e. The lowest BCUT2D eigenvalue weighted by Gasteiger charge is -2.21. The SMILES string of the molecule is CS(=O)(=O)NC1CC(OC2CC2)=CN=C1Br. The van der Waals surface area contributed by atoms with Crippen molar-refractivity contribution in [2.75, 3.05) is 6.26 Å². The molecule has 1 aliphatic heterocycles. The first kappa shape index (κ1) is 12.1. The van der Waals surface area contributed by atoms with Gasteiger partial charge in [-0.2, -0.15) is 0 Å². The molecule has 1 heterocycles. The van der Waals surface area contributed by atoms with Gasteiger partial charge in [-0.1, -0.05) is 0 Å². The van der Waals surface area contributed by atoms with Crippen LogP contribution in [0.4, 0.5) is 0 Å². The van der Waals surface area contributed by atoms with Crippen LogP contribution in [0.3, 0.4) is 0 Å². The fourth-order valence-electron chi connectivity index (χ4n) is 1.39. The molecule has 0 radical (unpaired) electrons. The molecule has 1 unspecified atom stereocenters. The topological polar surface area (TPSA) is 67.8 Å². The van der Waals surface area contributed by atoms with Gasteiger partial charge in [-0.15, -0.1) is 0 Å². The van der Waals surface area contributed by atoms with Crippen LogP contribution < -0.4 is 4.72 Å². The van der Waals surface area contributed by atoms with Crippen molar-refractivity contribution in [1.82, 2.24) is 4.72 Å². The van der Waals surface area contributed by atoms with E-state index in [0.29, 0.717) is 17.1 Å². The van der Waals surface area contributed by atoms with E-state index in [1.54, 1.807) is 6.20 Å². The van der Waals surface area contributed by atoms with E-state index in [-0.39, 0.29) is 6.04 Å². The van der Waals surface area contributed by atoms with E-state index < -0.39 is 10.0 Å². The molecule has 1 saturated carbocycles. The van der Waals surface area contributed by atoms with Crippen LogP contribution in [0.2, 0.25) is 0 Å². The van der Waals surface area contributed by atoms with Crippen molar-refractivity contribution in [2.24, 2.45) is 4.99 Å². The minimum Gasteiger partial charge on any atom is -0.493 e. The first-order valence-electron chi connectivity index (χ1n) is 5.00. The second-order valence-corrected chi connectivity index (χ2v) is 6.60. The highest BCUT2D eigenvalue weighted by molar-refractivity contribution is 9.18. The Hall–Kier alpha value is -0.400. The van der Waals surface area contributed by atoms with Gasteiger partial charge in [0.15, 0.2) is 0 Å². The molecule has 1 N–H and O–H groups in total. The van der Waals surface area contributed by atoms with Gasteiger partial charge in [-0.25, -0.2) is 18.1 Å². The summed E-state index contributed by atoms with van der Waals surface area (Å²) in [5.74, 6) is 0.742. The van der Waals surface area contributed by atoms with Crippen molar-refractivity contribution >= 4 is 30.6 Å². The van der Waals surface area contributed by atoms with Crippen LogP contribution in [0, 0.1) is 0 Å². The van der Waals surface area contributed by atoms with Crippen LogP contribution in [-0.2, 0) is 14.8 Å². The second kappa shape index (κ2) is 4.46. The highest BCUT2D eigenvalue weighted by Gasteiger charge is 2.28. The molecule has 0 aromatic rings. The zero-order valence-corrected chi connectivity index (χ0v) is 11.2. The molecule has 2 rings (SSSR count). The third-order valence-electron chi connectivity index (χ3n) is 2.22. The number of rotatable bonds is 4. The highest BCUT2D eigenvalue weighted by atomic mass is 79.9. The van der Waals surface area contributed by atoms with Crippen LogP contribution in [0.5, 0.6) is 0 Å². The summed E-state index contributed by atoms with van der Waals surface area (Å²) in [4.78, 5) is 4.08. The van der Waals surface area contributed by atoms with E-state index in [0.717, 1.165) is 24.9 Å². The van der Waals surface area contributed by atoms with Crippen molar-refractivity contribution in [3.63, 3.8) is 0 Å². The molecule has 1 aliphatic carbocycles. The lowest BCUT2D eigenvalue weighted by molar-refractivity contribution is 0.184. The number of sulfonamides is 1. The number of nitrogens with one attached hydrogen (secondary N) is 1. The molecular formula is C9H13BrN2O3S. The molecule has 0 aromatic carbocycles. The fraction of sp³-hybridized carbons (Fsp3) is 0.667. The van der Waals surface area contributed by atoms with Crippen molar-refractivity contribution in [2.45, 2.75) is 31.4 Å². The standard InChI is InChI=1S/C9H13BrN2O3S/c1-16(13,14)12-8-4-7(5-11-9(8)10)15-6-2-3-6/h5-6,8,12H,2-4H2,1H3. The first-order valence-corrected chi connectivity index (χ1v) is 7.69. The van der Waals surface area contributed by atoms with Crippen LogP contribution in [-0.4, -0.2) is 31.4 Å². The van der Waals surface area contributed by atoms with Crippen molar-refractivity contribution in [3.8, 4) is 0 Å². The summed E-state index contributed by atoms with van der Waals surface area (Å²) < 4.78 is 31.0. The van der Waals surface area contributed by atoms with Crippen LogP contribution >= 0.6 is 15.9 Å². The van der Waals surface area contributed by atoms with Crippen molar-refractivity contribution < 1.29 is 13.2 Å². The predicted molar refractivity (Wildman–Crippen MR) is 64.9 cm³/mol. The number of aliphatic imine (C=N–C) groups is 1. The Bertz CT molecular complexity index is 440. The molecular weight excluding hydrogens is 296 g/mol. The Balaban J connectivity index is 2.00. The molecule has 0 bridgehead atoms. The van der Waals surface area contributed by atoms with E-state index in [1.807, 2.05) is 0 Å². The van der Waals surface area contributed by atoms with E-state index >= 15 is 0 Å². The van der Waals surface area contributed by atoms with Crippen LogP contribution in [0.25, 0.3) is 0 Å². The summed E-state index contributed by atoms with van der Waals surface area (Å²) in [6, 6.07) is -0.353. The molecule has 2 aliphatic rings. The molecule has 1 fully saturated rings. The Labute approximate surface area is 103 Å². The molecule has 0 aromatic heterocycles. The minimum atomic E-state index is -3.24. The third kappa shape index (κ3) is 3.57. The lowest BCUT2D eigenvalue weighted by Crippen LogP contribution is -2.39. The summed E-state index contributed by atoms with van der Waals surface area (Å²) >= 11 is 3.24. The Morgan fingerprint density at radius 2 is 2.25 bits per heavy atom. The zero-order valence-electron chi connectivity index (χ0n) is 8.81. The number of ether oxygens (including phenoxy) is 1. The van der Waals surface area contributed by atoms with Crippen LogP contribution in [0.1, 0.15) is 19.3 Å². The molecule has 0 spiro atoms. The number of halogens is 1. The fourth-order valence-corrected chi connectivity index (χ4v) is 2.63. The minimum absolute atomic E-state index is 0.303. The number of hydrogen-bond acceptors (Lipinski definition) is 4. The van der Waals surface area contributed by atoms with Gasteiger partial charge in [-0.3, -0.25) is 0 Å². The third-order valence-corrected chi connectivity index (χ3v) is 3.69. The quantitative estimate of drug-likeness (QED) is 0.846. The summed E-state index contributed by atoms with van der Waals surface area (Å²) in [7, 11) is -3.24. The predicted octanol–water partition coefficient (Wildman–Crippen LogP) is 1.12. The maximum absolute atomic E-state index is 11.1. The van der Waals surface area contributed by atoms with E-state index in [2.05, 4.69) is 25.6 Å². The lowest BCUT2D eigenvalue weighted by atomic mass is 10.2. The summed E-state index contributed by atoms with van der Waals surface area (Å²) in [5.41, 5.74) is 0. The average Bonchev–Trinajstić information content (AvgIpc) is 2.92. The second-order valence-electron chi connectivity index (χ2n) is 4.01. The molecule has 7 heteroatoms. The van der Waals surface area contributed by atoms with Gasteiger partial charge in [-0.05, 0) is 28.8 Å². The van der Waals surface area contributed by atoms with Gasteiger partial charge in [0, 0.05) is 6.42 Å². The van der Waals surface area contributed by atoms with Gasteiger partial charge in [0.05, 0.1) is 24.6 Å². The number of hydrogen-bond donors (Lipinski definition) is 1. The summed E-state index contributed by atoms with van der Waals surface area (Å²) in [6.45, 7) is 0. The normalized spacial score (nSPS) is 26.0.